The average molecular weight is 467 g/mol. The number of hydrogen-bond donors (Lipinski definition) is 1. The fourth-order valence-electron chi connectivity index (χ4n) is 3.97. The summed E-state index contributed by atoms with van der Waals surface area (Å²) in [5, 5.41) is 17.9. The number of anilines is 2. The number of thiophene rings is 1. The van der Waals surface area contributed by atoms with Gasteiger partial charge >= 0.3 is 0 Å². The fourth-order valence-corrected chi connectivity index (χ4v) is 6.84. The molecule has 0 amide bonds. The lowest BCUT2D eigenvalue weighted by Gasteiger charge is -2.35. The Kier molecular flexibility index (Phi) is 7.07. The van der Waals surface area contributed by atoms with Crippen LogP contribution in [0, 0.1) is 0 Å². The highest BCUT2D eigenvalue weighted by Gasteiger charge is 2.30. The molecule has 0 aliphatic carbocycles. The molecule has 2 aromatic heterocycles. The average Bonchev–Trinajstić information content (AvgIpc) is 3.31. The van der Waals surface area contributed by atoms with Gasteiger partial charge in [-0.15, -0.1) is 21.5 Å². The smallest absolute Gasteiger partial charge is 0.252 e. The molecule has 0 bridgehead atoms. The molecule has 170 valence electrons. The lowest BCUT2D eigenvalue weighted by Crippen LogP contribution is -2.49. The molecule has 2 saturated heterocycles. The van der Waals surface area contributed by atoms with Crippen LogP contribution in [0.5, 0.6) is 0 Å². The number of nitrogens with zero attached hydrogens (tertiary/aromatic N) is 6. The zero-order chi connectivity index (χ0) is 21.8. The van der Waals surface area contributed by atoms with E-state index < -0.39 is 10.0 Å². The highest BCUT2D eigenvalue weighted by Crippen LogP contribution is 2.27. The molecule has 2 aliphatic rings. The van der Waals surface area contributed by atoms with Gasteiger partial charge in [0.1, 0.15) is 4.21 Å². The number of aryl methyl sites for hydroxylation is 1. The van der Waals surface area contributed by atoms with Gasteiger partial charge in [-0.3, -0.25) is 4.90 Å². The van der Waals surface area contributed by atoms with Crippen LogP contribution < -0.4 is 9.80 Å². The van der Waals surface area contributed by atoms with Crippen molar-refractivity contribution in [1.29, 1.82) is 0 Å². The number of aromatic nitrogens is 2. The molecule has 31 heavy (non-hydrogen) atoms. The Morgan fingerprint density at radius 1 is 0.903 bits per heavy atom. The number of piperazine rings is 2. The molecule has 2 aromatic rings. The van der Waals surface area contributed by atoms with Crippen LogP contribution in [-0.4, -0.2) is 98.4 Å². The van der Waals surface area contributed by atoms with Gasteiger partial charge in [-0.05, 0) is 30.7 Å². The van der Waals surface area contributed by atoms with Gasteiger partial charge < -0.3 is 14.9 Å². The number of aliphatic hydroxyl groups excluding tert-OH is 1. The number of hydrogen-bond acceptors (Lipinski definition) is 9. The van der Waals surface area contributed by atoms with Crippen LogP contribution in [0.2, 0.25) is 0 Å². The van der Waals surface area contributed by atoms with E-state index in [4.69, 9.17) is 5.11 Å². The van der Waals surface area contributed by atoms with E-state index in [1.165, 1.54) is 11.3 Å². The molecule has 11 heteroatoms. The molecular weight excluding hydrogens is 436 g/mol. The maximum absolute atomic E-state index is 12.9. The molecule has 0 saturated carbocycles. The van der Waals surface area contributed by atoms with Crippen molar-refractivity contribution in [2.45, 2.75) is 17.6 Å². The molecule has 1 N–H and O–H groups in total. The van der Waals surface area contributed by atoms with Crippen LogP contribution >= 0.6 is 11.3 Å². The SMILES string of the molecule is CCc1ccc(S(=O)(=O)N2CCN(c3ccc(N4CCN(CCO)CC4)nn3)CC2)s1. The van der Waals surface area contributed by atoms with Crippen molar-refractivity contribution in [1.82, 2.24) is 19.4 Å². The summed E-state index contributed by atoms with van der Waals surface area (Å²) in [5.74, 6) is 1.64. The first-order valence-corrected chi connectivity index (χ1v) is 13.0. The van der Waals surface area contributed by atoms with Crippen molar-refractivity contribution in [2.24, 2.45) is 0 Å². The summed E-state index contributed by atoms with van der Waals surface area (Å²) in [6.07, 6.45) is 0.848. The monoisotopic (exact) mass is 466 g/mol. The third kappa shape index (κ3) is 5.01. The van der Waals surface area contributed by atoms with Crippen molar-refractivity contribution in [3.8, 4) is 0 Å². The minimum atomic E-state index is -3.42. The highest BCUT2D eigenvalue weighted by atomic mass is 32.2. The van der Waals surface area contributed by atoms with Gasteiger partial charge in [0, 0.05) is 63.8 Å². The van der Waals surface area contributed by atoms with E-state index in [2.05, 4.69) is 24.9 Å². The number of aliphatic hydroxyl groups is 1. The van der Waals surface area contributed by atoms with Crippen molar-refractivity contribution in [2.75, 3.05) is 75.3 Å². The van der Waals surface area contributed by atoms with Gasteiger partial charge in [-0.25, -0.2) is 8.42 Å². The van der Waals surface area contributed by atoms with Crippen molar-refractivity contribution in [3.63, 3.8) is 0 Å². The Hall–Kier alpha value is -1.79. The van der Waals surface area contributed by atoms with Gasteiger partial charge in [-0.1, -0.05) is 6.92 Å². The molecule has 0 atom stereocenters. The highest BCUT2D eigenvalue weighted by molar-refractivity contribution is 7.91. The lowest BCUT2D eigenvalue weighted by atomic mass is 10.3. The topological polar surface area (TPSA) is 93.1 Å². The maximum atomic E-state index is 12.9. The van der Waals surface area contributed by atoms with Gasteiger partial charge in [0.05, 0.1) is 6.61 Å². The molecule has 0 radical (unpaired) electrons. The minimum absolute atomic E-state index is 0.191. The third-order valence-corrected chi connectivity index (χ3v) is 9.49. The second-order valence-corrected chi connectivity index (χ2v) is 11.1. The molecule has 9 nitrogen and oxygen atoms in total. The van der Waals surface area contributed by atoms with Crippen molar-refractivity contribution >= 4 is 33.0 Å². The lowest BCUT2D eigenvalue weighted by molar-refractivity contribution is 0.188. The molecule has 0 aromatic carbocycles. The molecular formula is C20H30N6O3S2. The normalized spacial score (nSPS) is 19.2. The predicted octanol–water partition coefficient (Wildman–Crippen LogP) is 0.726. The van der Waals surface area contributed by atoms with Crippen LogP contribution in [-0.2, 0) is 16.4 Å². The van der Waals surface area contributed by atoms with Gasteiger partial charge in [0.25, 0.3) is 10.0 Å². The first kappa shape index (κ1) is 22.4. The standard InChI is InChI=1S/C20H30N6O3S2/c1-2-17-3-6-20(30-17)31(28,29)26-13-11-25(12-14-26)19-5-4-18(21-22-19)24-9-7-23(8-10-24)15-16-27/h3-6,27H,2,7-16H2,1H3. The van der Waals surface area contributed by atoms with E-state index in [-0.39, 0.29) is 6.61 Å². The Labute approximate surface area is 187 Å². The number of β-amino-alcohol motifs (C(OH)–C–C–N with tert-alkyl or cyclic N) is 1. The van der Waals surface area contributed by atoms with Crippen LogP contribution in [0.25, 0.3) is 0 Å². The summed E-state index contributed by atoms with van der Waals surface area (Å²) < 4.78 is 27.8. The Morgan fingerprint density at radius 2 is 1.48 bits per heavy atom. The summed E-state index contributed by atoms with van der Waals surface area (Å²) >= 11 is 1.36. The van der Waals surface area contributed by atoms with Gasteiger partial charge in [0.2, 0.25) is 0 Å². The summed E-state index contributed by atoms with van der Waals surface area (Å²) in [5.41, 5.74) is 0. The molecule has 4 heterocycles. The minimum Gasteiger partial charge on any atom is -0.395 e. The molecule has 0 spiro atoms. The summed E-state index contributed by atoms with van der Waals surface area (Å²) in [6, 6.07) is 7.58. The van der Waals surface area contributed by atoms with Gasteiger partial charge in [0.15, 0.2) is 11.6 Å². The molecule has 2 aliphatic heterocycles. The van der Waals surface area contributed by atoms with Gasteiger partial charge in [-0.2, -0.15) is 4.31 Å². The van der Waals surface area contributed by atoms with Crippen LogP contribution in [0.1, 0.15) is 11.8 Å². The molecule has 2 fully saturated rings. The fraction of sp³-hybridized carbons (Fsp3) is 0.600. The summed E-state index contributed by atoms with van der Waals surface area (Å²) in [7, 11) is -3.42. The van der Waals surface area contributed by atoms with E-state index in [9.17, 15) is 8.42 Å². The Morgan fingerprint density at radius 3 is 1.97 bits per heavy atom. The molecule has 4 rings (SSSR count). The van der Waals surface area contributed by atoms with E-state index >= 15 is 0 Å². The van der Waals surface area contributed by atoms with E-state index in [1.54, 1.807) is 10.4 Å². The Bertz CT molecular complexity index is 950. The second kappa shape index (κ2) is 9.78. The van der Waals surface area contributed by atoms with E-state index in [0.717, 1.165) is 49.1 Å². The number of sulfonamides is 1. The molecule has 0 unspecified atom stereocenters. The quantitative estimate of drug-likeness (QED) is 0.638. The second-order valence-electron chi connectivity index (χ2n) is 7.77. The predicted molar refractivity (Wildman–Crippen MR) is 122 cm³/mol. The zero-order valence-corrected chi connectivity index (χ0v) is 19.5. The van der Waals surface area contributed by atoms with E-state index in [0.29, 0.717) is 36.9 Å². The van der Waals surface area contributed by atoms with E-state index in [1.807, 2.05) is 25.1 Å². The first-order valence-electron chi connectivity index (χ1n) is 10.8. The third-order valence-electron chi connectivity index (χ3n) is 5.89. The summed E-state index contributed by atoms with van der Waals surface area (Å²) in [4.78, 5) is 7.63. The maximum Gasteiger partial charge on any atom is 0.252 e. The van der Waals surface area contributed by atoms with Crippen molar-refractivity contribution < 1.29 is 13.5 Å². The number of rotatable bonds is 7. The van der Waals surface area contributed by atoms with Crippen molar-refractivity contribution in [3.05, 3.63) is 29.1 Å². The largest absolute Gasteiger partial charge is 0.395 e. The van der Waals surface area contributed by atoms with Crippen LogP contribution in [0.4, 0.5) is 11.6 Å². The Balaban J connectivity index is 1.33. The van der Waals surface area contributed by atoms with Crippen LogP contribution in [0.15, 0.2) is 28.5 Å². The zero-order valence-electron chi connectivity index (χ0n) is 17.9. The first-order chi connectivity index (χ1) is 15.0. The summed E-state index contributed by atoms with van der Waals surface area (Å²) in [6.45, 7) is 8.57. The van der Waals surface area contributed by atoms with Crippen LogP contribution in [0.3, 0.4) is 0 Å².